The molecule has 0 bridgehead atoms. The number of nitrogens with one attached hydrogen (secondary N) is 1. The zero-order valence-corrected chi connectivity index (χ0v) is 14.0. The molecule has 24 heavy (non-hydrogen) atoms. The summed E-state index contributed by atoms with van der Waals surface area (Å²) in [5.74, 6) is -1.67. The highest BCUT2D eigenvalue weighted by Gasteiger charge is 2.40. The molecule has 1 aromatic carbocycles. The number of carbonyl (C=O) groups excluding carboxylic acids is 3. The molecule has 2 N–H and O–H groups in total. The number of aromatic hydroxyl groups is 1. The normalized spacial score (nSPS) is 20.8. The molecule has 6 nitrogen and oxygen atoms in total. The second kappa shape index (κ2) is 6.45. The minimum Gasteiger partial charge on any atom is -0.505 e. The van der Waals surface area contributed by atoms with Gasteiger partial charge in [0.15, 0.2) is 5.75 Å². The molecule has 8 heteroatoms. The molecule has 0 radical (unpaired) electrons. The Morgan fingerprint density at radius 1 is 1.12 bits per heavy atom. The maximum Gasteiger partial charge on any atom is 0.331 e. The van der Waals surface area contributed by atoms with Crippen LogP contribution in [0.3, 0.4) is 0 Å². The van der Waals surface area contributed by atoms with E-state index in [4.69, 9.17) is 23.2 Å². The number of benzene rings is 1. The number of urea groups is 1. The van der Waals surface area contributed by atoms with Crippen molar-refractivity contribution in [2.75, 3.05) is 0 Å². The van der Waals surface area contributed by atoms with Gasteiger partial charge in [0.05, 0.1) is 10.0 Å². The SMILES string of the molecule is O=C1NC(=O)N(C2CCCC2)C(=O)/C1=C/c1cc(Cl)c(O)c(Cl)c1. The molecular weight excluding hydrogens is 355 g/mol. The lowest BCUT2D eigenvalue weighted by Crippen LogP contribution is -2.57. The van der Waals surface area contributed by atoms with Crippen molar-refractivity contribution in [2.45, 2.75) is 31.7 Å². The van der Waals surface area contributed by atoms with Gasteiger partial charge in [0.1, 0.15) is 5.57 Å². The zero-order chi connectivity index (χ0) is 17.4. The highest BCUT2D eigenvalue weighted by atomic mass is 35.5. The second-order valence-corrected chi connectivity index (χ2v) is 6.58. The first kappa shape index (κ1) is 16.8. The number of hydrogen-bond donors (Lipinski definition) is 2. The lowest BCUT2D eigenvalue weighted by atomic mass is 10.1. The highest BCUT2D eigenvalue weighted by molar-refractivity contribution is 6.37. The number of carbonyl (C=O) groups is 3. The van der Waals surface area contributed by atoms with Crippen molar-refractivity contribution in [3.8, 4) is 5.75 Å². The molecule has 1 saturated heterocycles. The zero-order valence-electron chi connectivity index (χ0n) is 12.5. The maximum atomic E-state index is 12.6. The van der Waals surface area contributed by atoms with Gasteiger partial charge < -0.3 is 5.11 Å². The van der Waals surface area contributed by atoms with Gasteiger partial charge in [-0.3, -0.25) is 19.8 Å². The van der Waals surface area contributed by atoms with E-state index < -0.39 is 17.8 Å². The third kappa shape index (κ3) is 2.99. The van der Waals surface area contributed by atoms with Crippen LogP contribution in [0, 0.1) is 0 Å². The van der Waals surface area contributed by atoms with Crippen LogP contribution in [-0.4, -0.2) is 33.9 Å². The summed E-state index contributed by atoms with van der Waals surface area (Å²) >= 11 is 11.7. The second-order valence-electron chi connectivity index (χ2n) is 5.76. The molecule has 1 aromatic rings. The van der Waals surface area contributed by atoms with Gasteiger partial charge in [0.2, 0.25) is 0 Å². The average molecular weight is 369 g/mol. The average Bonchev–Trinajstić information content (AvgIpc) is 3.02. The summed E-state index contributed by atoms with van der Waals surface area (Å²) < 4.78 is 0. The van der Waals surface area contributed by atoms with Gasteiger partial charge in [-0.2, -0.15) is 0 Å². The van der Waals surface area contributed by atoms with E-state index in [-0.39, 0.29) is 27.4 Å². The van der Waals surface area contributed by atoms with Crippen molar-refractivity contribution in [1.82, 2.24) is 10.2 Å². The fraction of sp³-hybridized carbons (Fsp3) is 0.312. The fourth-order valence-electron chi connectivity index (χ4n) is 3.00. The van der Waals surface area contributed by atoms with Crippen molar-refractivity contribution in [1.29, 1.82) is 0 Å². The summed E-state index contributed by atoms with van der Waals surface area (Å²) in [7, 11) is 0. The summed E-state index contributed by atoms with van der Waals surface area (Å²) in [6, 6.07) is 1.89. The van der Waals surface area contributed by atoms with Crippen LogP contribution in [0.4, 0.5) is 4.79 Å². The topological polar surface area (TPSA) is 86.7 Å². The van der Waals surface area contributed by atoms with Gasteiger partial charge in [-0.25, -0.2) is 4.79 Å². The summed E-state index contributed by atoms with van der Waals surface area (Å²) in [5, 5.41) is 11.8. The van der Waals surface area contributed by atoms with E-state index in [1.807, 2.05) is 0 Å². The third-order valence-corrected chi connectivity index (χ3v) is 4.75. The number of phenolic OH excluding ortho intramolecular Hbond substituents is 1. The van der Waals surface area contributed by atoms with E-state index in [2.05, 4.69) is 5.32 Å². The summed E-state index contributed by atoms with van der Waals surface area (Å²) in [6.45, 7) is 0. The Morgan fingerprint density at radius 3 is 2.29 bits per heavy atom. The predicted molar refractivity (Wildman–Crippen MR) is 88.7 cm³/mol. The fourth-order valence-corrected chi connectivity index (χ4v) is 3.50. The molecule has 1 aliphatic heterocycles. The maximum absolute atomic E-state index is 12.6. The van der Waals surface area contributed by atoms with E-state index in [0.29, 0.717) is 5.56 Å². The predicted octanol–water partition coefficient (Wildman–Crippen LogP) is 3.10. The van der Waals surface area contributed by atoms with Crippen molar-refractivity contribution in [2.24, 2.45) is 0 Å². The summed E-state index contributed by atoms with van der Waals surface area (Å²) in [5.41, 5.74) is 0.210. The van der Waals surface area contributed by atoms with E-state index in [1.165, 1.54) is 18.2 Å². The summed E-state index contributed by atoms with van der Waals surface area (Å²) in [4.78, 5) is 37.8. The molecule has 0 unspecified atom stereocenters. The molecule has 0 atom stereocenters. The molecule has 2 fully saturated rings. The van der Waals surface area contributed by atoms with Crippen molar-refractivity contribution >= 4 is 47.1 Å². The minimum absolute atomic E-state index is 0.00161. The van der Waals surface area contributed by atoms with Crippen LogP contribution in [0.15, 0.2) is 17.7 Å². The van der Waals surface area contributed by atoms with Gasteiger partial charge in [-0.1, -0.05) is 36.0 Å². The van der Waals surface area contributed by atoms with E-state index >= 15 is 0 Å². The van der Waals surface area contributed by atoms with Crippen LogP contribution in [0.2, 0.25) is 10.0 Å². The van der Waals surface area contributed by atoms with Crippen LogP contribution >= 0.6 is 23.2 Å². The lowest BCUT2D eigenvalue weighted by molar-refractivity contribution is -0.131. The molecule has 1 aliphatic carbocycles. The summed E-state index contributed by atoms with van der Waals surface area (Å²) in [6.07, 6.45) is 4.66. The Bertz CT molecular complexity index is 746. The van der Waals surface area contributed by atoms with E-state index in [0.717, 1.165) is 30.6 Å². The quantitative estimate of drug-likeness (QED) is 0.620. The van der Waals surface area contributed by atoms with Crippen molar-refractivity contribution in [3.63, 3.8) is 0 Å². The highest BCUT2D eigenvalue weighted by Crippen LogP contribution is 2.34. The number of rotatable bonds is 2. The first-order valence-corrected chi connectivity index (χ1v) is 8.22. The largest absolute Gasteiger partial charge is 0.505 e. The molecule has 0 aromatic heterocycles. The van der Waals surface area contributed by atoms with Gasteiger partial charge in [-0.05, 0) is 36.6 Å². The molecule has 1 heterocycles. The molecular formula is C16H14Cl2N2O4. The number of imide groups is 2. The minimum atomic E-state index is -0.764. The van der Waals surface area contributed by atoms with Crippen LogP contribution in [0.1, 0.15) is 31.2 Å². The monoisotopic (exact) mass is 368 g/mol. The molecule has 1 saturated carbocycles. The smallest absolute Gasteiger partial charge is 0.331 e. The van der Waals surface area contributed by atoms with Crippen molar-refractivity contribution in [3.05, 3.63) is 33.3 Å². The number of halogens is 2. The van der Waals surface area contributed by atoms with Gasteiger partial charge in [0.25, 0.3) is 11.8 Å². The number of phenols is 1. The molecule has 2 aliphatic rings. The molecule has 0 spiro atoms. The molecule has 3 rings (SSSR count). The molecule has 4 amide bonds. The Hall–Kier alpha value is -2.05. The first-order valence-electron chi connectivity index (χ1n) is 7.47. The van der Waals surface area contributed by atoms with Gasteiger partial charge in [0, 0.05) is 6.04 Å². The van der Waals surface area contributed by atoms with Crippen molar-refractivity contribution < 1.29 is 19.5 Å². The van der Waals surface area contributed by atoms with Crippen LogP contribution in [0.5, 0.6) is 5.75 Å². The first-order chi connectivity index (χ1) is 11.4. The Kier molecular flexibility index (Phi) is 4.51. The third-order valence-electron chi connectivity index (χ3n) is 4.17. The van der Waals surface area contributed by atoms with Gasteiger partial charge >= 0.3 is 6.03 Å². The number of nitrogens with zero attached hydrogens (tertiary/aromatic N) is 1. The van der Waals surface area contributed by atoms with Crippen LogP contribution < -0.4 is 5.32 Å². The van der Waals surface area contributed by atoms with Gasteiger partial charge in [-0.15, -0.1) is 0 Å². The van der Waals surface area contributed by atoms with Crippen LogP contribution in [-0.2, 0) is 9.59 Å². The Labute approximate surface area is 148 Å². The van der Waals surface area contributed by atoms with E-state index in [1.54, 1.807) is 0 Å². The number of barbiturate groups is 1. The van der Waals surface area contributed by atoms with Crippen LogP contribution in [0.25, 0.3) is 6.08 Å². The standard InChI is InChI=1S/C16H14Cl2N2O4/c17-11-6-8(7-12(18)13(11)21)5-10-14(22)19-16(24)20(15(10)23)9-3-1-2-4-9/h5-7,9,21H,1-4H2,(H,19,22,24)/b10-5+. The van der Waals surface area contributed by atoms with E-state index in [9.17, 15) is 19.5 Å². The lowest BCUT2D eigenvalue weighted by Gasteiger charge is -2.31. The number of hydrogen-bond acceptors (Lipinski definition) is 4. The molecule has 126 valence electrons. The number of amides is 4. The Balaban J connectivity index is 1.97. The Morgan fingerprint density at radius 2 is 1.71 bits per heavy atom.